The van der Waals surface area contributed by atoms with Crippen molar-refractivity contribution in [1.82, 2.24) is 10.1 Å². The largest absolute Gasteiger partial charge is 0.494 e. The first-order chi connectivity index (χ1) is 11.8. The van der Waals surface area contributed by atoms with Gasteiger partial charge in [-0.1, -0.05) is 38.1 Å². The smallest absolute Gasteiger partial charge is 0.306 e. The first-order valence-electron chi connectivity index (χ1n) is 8.49. The number of rotatable bonds is 7. The van der Waals surface area contributed by atoms with Gasteiger partial charge in [0.2, 0.25) is 0 Å². The Morgan fingerprint density at radius 3 is 2.72 bits per heavy atom. The van der Waals surface area contributed by atoms with Crippen molar-refractivity contribution < 1.29 is 18.8 Å². The van der Waals surface area contributed by atoms with Crippen LogP contribution in [-0.2, 0) is 14.9 Å². The average Bonchev–Trinajstić information content (AvgIpc) is 3.02. The highest BCUT2D eigenvalue weighted by molar-refractivity contribution is 5.69. The molecule has 0 spiro atoms. The summed E-state index contributed by atoms with van der Waals surface area (Å²) in [5.41, 5.74) is 0.929. The number of carbonyl (C=O) groups is 1. The highest BCUT2D eigenvalue weighted by Gasteiger charge is 2.24. The van der Waals surface area contributed by atoms with E-state index in [1.807, 2.05) is 52.0 Å². The molecule has 1 atom stereocenters. The van der Waals surface area contributed by atoms with E-state index < -0.39 is 6.10 Å². The maximum Gasteiger partial charge on any atom is 0.306 e. The quantitative estimate of drug-likeness (QED) is 0.554. The van der Waals surface area contributed by atoms with Gasteiger partial charge in [0.1, 0.15) is 5.75 Å². The van der Waals surface area contributed by atoms with Gasteiger partial charge in [0.25, 0.3) is 5.89 Å². The number of hydrogen-bond acceptors (Lipinski definition) is 6. The molecule has 25 heavy (non-hydrogen) atoms. The van der Waals surface area contributed by atoms with Crippen molar-refractivity contribution in [1.29, 1.82) is 0 Å². The van der Waals surface area contributed by atoms with Crippen LogP contribution in [0.25, 0.3) is 0 Å². The van der Waals surface area contributed by atoms with Crippen molar-refractivity contribution in [3.63, 3.8) is 0 Å². The number of esters is 1. The van der Waals surface area contributed by atoms with Gasteiger partial charge in [-0.25, -0.2) is 0 Å². The fourth-order valence-corrected chi connectivity index (χ4v) is 2.12. The third-order valence-electron chi connectivity index (χ3n) is 3.55. The molecule has 0 saturated carbocycles. The van der Waals surface area contributed by atoms with Crippen LogP contribution in [0.5, 0.6) is 5.75 Å². The number of carbonyl (C=O) groups excluding carboxylic acids is 1. The van der Waals surface area contributed by atoms with Gasteiger partial charge >= 0.3 is 5.97 Å². The van der Waals surface area contributed by atoms with E-state index in [2.05, 4.69) is 10.1 Å². The van der Waals surface area contributed by atoms with Gasteiger partial charge in [-0.05, 0) is 38.0 Å². The first-order valence-corrected chi connectivity index (χ1v) is 8.49. The third kappa shape index (κ3) is 5.89. The second-order valence-corrected chi connectivity index (χ2v) is 7.11. The Bertz CT molecular complexity index is 703. The van der Waals surface area contributed by atoms with Gasteiger partial charge in [-0.3, -0.25) is 4.79 Å². The summed E-state index contributed by atoms with van der Waals surface area (Å²) in [5, 5.41) is 3.93. The molecule has 2 rings (SSSR count). The van der Waals surface area contributed by atoms with E-state index in [9.17, 15) is 4.79 Å². The monoisotopic (exact) mass is 346 g/mol. The molecule has 0 aliphatic rings. The standard InChI is InChI=1S/C19H26N2O4/c1-13-8-6-9-15(12-13)23-11-7-10-16(22)24-14(2)17-20-18(21-25-17)19(3,4)5/h6,8-9,12,14H,7,10-11H2,1-5H3. The molecular weight excluding hydrogens is 320 g/mol. The molecule has 0 aliphatic heterocycles. The van der Waals surface area contributed by atoms with E-state index >= 15 is 0 Å². The molecule has 1 heterocycles. The summed E-state index contributed by atoms with van der Waals surface area (Å²) in [6.45, 7) is 10.2. The van der Waals surface area contributed by atoms with E-state index in [1.54, 1.807) is 6.92 Å². The molecule has 1 aromatic heterocycles. The summed E-state index contributed by atoms with van der Waals surface area (Å²) in [7, 11) is 0. The highest BCUT2D eigenvalue weighted by Crippen LogP contribution is 2.22. The number of hydrogen-bond donors (Lipinski definition) is 0. The zero-order valence-corrected chi connectivity index (χ0v) is 15.5. The summed E-state index contributed by atoms with van der Waals surface area (Å²) < 4.78 is 16.1. The lowest BCUT2D eigenvalue weighted by Crippen LogP contribution is -2.14. The summed E-state index contributed by atoms with van der Waals surface area (Å²) in [4.78, 5) is 16.2. The second-order valence-electron chi connectivity index (χ2n) is 7.11. The predicted molar refractivity (Wildman–Crippen MR) is 93.4 cm³/mol. The Balaban J connectivity index is 1.73. The van der Waals surface area contributed by atoms with Crippen molar-refractivity contribution in [2.45, 2.75) is 59.0 Å². The van der Waals surface area contributed by atoms with Gasteiger partial charge in [-0.15, -0.1) is 0 Å². The fourth-order valence-electron chi connectivity index (χ4n) is 2.12. The van der Waals surface area contributed by atoms with Crippen LogP contribution in [0, 0.1) is 6.92 Å². The van der Waals surface area contributed by atoms with Crippen LogP contribution in [0.1, 0.15) is 63.9 Å². The maximum atomic E-state index is 11.9. The van der Waals surface area contributed by atoms with Crippen LogP contribution in [0.15, 0.2) is 28.8 Å². The minimum absolute atomic E-state index is 0.210. The van der Waals surface area contributed by atoms with Crippen LogP contribution < -0.4 is 4.74 Å². The van der Waals surface area contributed by atoms with Crippen molar-refractivity contribution in [2.75, 3.05) is 6.61 Å². The molecule has 0 radical (unpaired) electrons. The topological polar surface area (TPSA) is 74.5 Å². The Morgan fingerprint density at radius 2 is 2.08 bits per heavy atom. The molecular formula is C19H26N2O4. The number of nitrogens with zero attached hydrogens (tertiary/aromatic N) is 2. The number of benzene rings is 1. The molecule has 2 aromatic rings. The predicted octanol–water partition coefficient (Wildman–Crippen LogP) is 4.14. The van der Waals surface area contributed by atoms with Gasteiger partial charge < -0.3 is 14.0 Å². The van der Waals surface area contributed by atoms with Crippen LogP contribution in [-0.4, -0.2) is 22.7 Å². The Morgan fingerprint density at radius 1 is 1.32 bits per heavy atom. The molecule has 0 saturated heterocycles. The zero-order valence-electron chi connectivity index (χ0n) is 15.5. The lowest BCUT2D eigenvalue weighted by Gasteiger charge is -2.12. The van der Waals surface area contributed by atoms with Crippen molar-refractivity contribution in [3.05, 3.63) is 41.5 Å². The Kier molecular flexibility index (Phi) is 6.17. The van der Waals surface area contributed by atoms with Crippen molar-refractivity contribution in [2.24, 2.45) is 0 Å². The summed E-state index contributed by atoms with van der Waals surface area (Å²) >= 11 is 0. The second kappa shape index (κ2) is 8.14. The van der Waals surface area contributed by atoms with E-state index in [4.69, 9.17) is 14.0 Å². The average molecular weight is 346 g/mol. The molecule has 0 fully saturated rings. The number of ether oxygens (including phenoxy) is 2. The maximum absolute atomic E-state index is 11.9. The van der Waals surface area contributed by atoms with Crippen LogP contribution in [0.3, 0.4) is 0 Å². The minimum atomic E-state index is -0.561. The Hall–Kier alpha value is -2.37. The van der Waals surface area contributed by atoms with Gasteiger partial charge in [-0.2, -0.15) is 4.98 Å². The lowest BCUT2D eigenvalue weighted by atomic mass is 9.96. The molecule has 1 aromatic carbocycles. The third-order valence-corrected chi connectivity index (χ3v) is 3.55. The number of aryl methyl sites for hydroxylation is 1. The molecule has 136 valence electrons. The Labute approximate surface area is 148 Å². The zero-order chi connectivity index (χ0) is 18.4. The van der Waals surface area contributed by atoms with Crippen LogP contribution >= 0.6 is 0 Å². The molecule has 0 bridgehead atoms. The molecule has 0 amide bonds. The number of aromatic nitrogens is 2. The van der Waals surface area contributed by atoms with Gasteiger partial charge in [0, 0.05) is 11.8 Å². The lowest BCUT2D eigenvalue weighted by molar-refractivity contribution is -0.150. The normalized spacial score (nSPS) is 12.7. The van der Waals surface area contributed by atoms with E-state index in [0.717, 1.165) is 11.3 Å². The van der Waals surface area contributed by atoms with E-state index in [-0.39, 0.29) is 17.8 Å². The van der Waals surface area contributed by atoms with Crippen LogP contribution in [0.2, 0.25) is 0 Å². The van der Waals surface area contributed by atoms with Crippen LogP contribution in [0.4, 0.5) is 0 Å². The fraction of sp³-hybridized carbons (Fsp3) is 0.526. The highest BCUT2D eigenvalue weighted by atomic mass is 16.6. The molecule has 0 N–H and O–H groups in total. The van der Waals surface area contributed by atoms with E-state index in [1.165, 1.54) is 0 Å². The summed E-state index contributed by atoms with van der Waals surface area (Å²) in [6.07, 6.45) is 0.293. The van der Waals surface area contributed by atoms with Crippen molar-refractivity contribution >= 4 is 5.97 Å². The molecule has 1 unspecified atom stereocenters. The summed E-state index contributed by atoms with van der Waals surface area (Å²) in [6, 6.07) is 7.81. The minimum Gasteiger partial charge on any atom is -0.494 e. The molecule has 6 heteroatoms. The SMILES string of the molecule is Cc1cccc(OCCCC(=O)OC(C)c2nc(C(C)(C)C)no2)c1. The van der Waals surface area contributed by atoms with Gasteiger partial charge in [0.05, 0.1) is 6.61 Å². The van der Waals surface area contributed by atoms with E-state index in [0.29, 0.717) is 24.7 Å². The van der Waals surface area contributed by atoms with Crippen molar-refractivity contribution in [3.8, 4) is 5.75 Å². The first kappa shape index (κ1) is 19.0. The summed E-state index contributed by atoms with van der Waals surface area (Å²) in [5.74, 6) is 1.41. The molecule has 0 aliphatic carbocycles. The molecule has 6 nitrogen and oxygen atoms in total. The van der Waals surface area contributed by atoms with Gasteiger partial charge in [0.15, 0.2) is 11.9 Å².